The first kappa shape index (κ1) is 15.2. The average molecular weight is 324 g/mol. The summed E-state index contributed by atoms with van der Waals surface area (Å²) >= 11 is 1.64. The van der Waals surface area contributed by atoms with Gasteiger partial charge in [0.25, 0.3) is 0 Å². The van der Waals surface area contributed by atoms with Gasteiger partial charge in [0.05, 0.1) is 10.6 Å². The lowest BCUT2D eigenvalue weighted by molar-refractivity contribution is 0.139. The third-order valence-corrected chi connectivity index (χ3v) is 4.14. The Bertz CT molecular complexity index is 758. The van der Waals surface area contributed by atoms with Crippen LogP contribution >= 0.6 is 11.3 Å². The molecular formula is C18H16N2O2S. The van der Waals surface area contributed by atoms with Crippen LogP contribution in [0.1, 0.15) is 11.1 Å². The van der Waals surface area contributed by atoms with Gasteiger partial charge in [0.2, 0.25) is 0 Å². The van der Waals surface area contributed by atoms with Gasteiger partial charge in [-0.05, 0) is 34.7 Å². The van der Waals surface area contributed by atoms with Gasteiger partial charge in [0.15, 0.2) is 0 Å². The van der Waals surface area contributed by atoms with E-state index in [1.807, 2.05) is 60.0 Å². The van der Waals surface area contributed by atoms with Crippen LogP contribution < -0.4 is 5.32 Å². The number of thiophene rings is 1. The Kier molecular flexibility index (Phi) is 5.01. The van der Waals surface area contributed by atoms with Crippen LogP contribution in [0.25, 0.3) is 10.6 Å². The molecule has 0 fully saturated rings. The van der Waals surface area contributed by atoms with Crippen LogP contribution in [0, 0.1) is 0 Å². The van der Waals surface area contributed by atoms with Gasteiger partial charge in [0.1, 0.15) is 6.61 Å². The molecule has 0 aliphatic carbocycles. The topological polar surface area (TPSA) is 51.2 Å². The number of aromatic nitrogens is 1. The van der Waals surface area contributed by atoms with Crippen molar-refractivity contribution in [2.75, 3.05) is 0 Å². The summed E-state index contributed by atoms with van der Waals surface area (Å²) < 4.78 is 5.19. The molecule has 0 saturated heterocycles. The van der Waals surface area contributed by atoms with E-state index in [4.69, 9.17) is 4.74 Å². The van der Waals surface area contributed by atoms with Crippen LogP contribution in [0.2, 0.25) is 0 Å². The molecule has 0 radical (unpaired) electrons. The number of carbonyl (C=O) groups excluding carboxylic acids is 1. The number of ether oxygens (including phenoxy) is 1. The Hall–Kier alpha value is -2.66. The molecule has 1 amide bonds. The van der Waals surface area contributed by atoms with E-state index >= 15 is 0 Å². The van der Waals surface area contributed by atoms with E-state index in [9.17, 15) is 4.79 Å². The first-order valence-corrected chi connectivity index (χ1v) is 8.12. The number of hydrogen-bond acceptors (Lipinski definition) is 4. The van der Waals surface area contributed by atoms with Crippen molar-refractivity contribution in [1.82, 2.24) is 10.3 Å². The maximum atomic E-state index is 11.8. The smallest absolute Gasteiger partial charge is 0.407 e. The van der Waals surface area contributed by atoms with E-state index in [0.29, 0.717) is 6.54 Å². The van der Waals surface area contributed by atoms with Gasteiger partial charge in [-0.25, -0.2) is 4.79 Å². The van der Waals surface area contributed by atoms with Crippen molar-refractivity contribution in [3.63, 3.8) is 0 Å². The number of amides is 1. The summed E-state index contributed by atoms with van der Waals surface area (Å²) in [6, 6.07) is 17.5. The molecule has 23 heavy (non-hydrogen) atoms. The minimum atomic E-state index is -0.427. The van der Waals surface area contributed by atoms with E-state index in [1.165, 1.54) is 0 Å². The first-order chi connectivity index (χ1) is 11.3. The highest BCUT2D eigenvalue weighted by atomic mass is 32.1. The van der Waals surface area contributed by atoms with Crippen LogP contribution in [0.15, 0.2) is 66.2 Å². The Morgan fingerprint density at radius 1 is 1.09 bits per heavy atom. The van der Waals surface area contributed by atoms with E-state index in [-0.39, 0.29) is 6.61 Å². The Morgan fingerprint density at radius 2 is 1.96 bits per heavy atom. The molecule has 0 aliphatic heterocycles. The molecule has 116 valence electrons. The van der Waals surface area contributed by atoms with Crippen LogP contribution in [-0.2, 0) is 17.9 Å². The SMILES string of the molecule is O=C(NCc1ccnc(-c2cccs2)c1)OCc1ccccc1. The third-order valence-electron chi connectivity index (χ3n) is 3.25. The molecule has 3 rings (SSSR count). The van der Waals surface area contributed by atoms with E-state index in [2.05, 4.69) is 10.3 Å². The standard InChI is InChI=1S/C18H16N2O2S/c21-18(22-13-14-5-2-1-3-6-14)20-12-15-8-9-19-16(11-15)17-7-4-10-23-17/h1-11H,12-13H2,(H,20,21). The molecule has 0 atom stereocenters. The predicted octanol–water partition coefficient (Wildman–Crippen LogP) is 4.24. The normalized spacial score (nSPS) is 10.3. The summed E-state index contributed by atoms with van der Waals surface area (Å²) in [6.07, 6.45) is 1.32. The molecule has 2 aromatic heterocycles. The highest BCUT2D eigenvalue weighted by Crippen LogP contribution is 2.22. The quantitative estimate of drug-likeness (QED) is 0.764. The summed E-state index contributed by atoms with van der Waals surface area (Å²) in [5.74, 6) is 0. The Morgan fingerprint density at radius 3 is 2.74 bits per heavy atom. The van der Waals surface area contributed by atoms with Crippen LogP contribution in [0.3, 0.4) is 0 Å². The minimum Gasteiger partial charge on any atom is -0.445 e. The predicted molar refractivity (Wildman–Crippen MR) is 91.0 cm³/mol. The fourth-order valence-corrected chi connectivity index (χ4v) is 2.78. The van der Waals surface area contributed by atoms with Crippen LogP contribution in [-0.4, -0.2) is 11.1 Å². The molecule has 1 aromatic carbocycles. The highest BCUT2D eigenvalue weighted by Gasteiger charge is 2.05. The monoisotopic (exact) mass is 324 g/mol. The largest absolute Gasteiger partial charge is 0.445 e. The Balaban J connectivity index is 1.52. The summed E-state index contributed by atoms with van der Waals surface area (Å²) in [5, 5.41) is 4.77. The number of hydrogen-bond donors (Lipinski definition) is 1. The zero-order chi connectivity index (χ0) is 15.9. The zero-order valence-electron chi connectivity index (χ0n) is 12.4. The lowest BCUT2D eigenvalue weighted by Crippen LogP contribution is -2.23. The molecular weight excluding hydrogens is 308 g/mol. The summed E-state index contributed by atoms with van der Waals surface area (Å²) in [5.41, 5.74) is 2.86. The van der Waals surface area contributed by atoms with Crippen molar-refractivity contribution < 1.29 is 9.53 Å². The van der Waals surface area contributed by atoms with Gasteiger partial charge >= 0.3 is 6.09 Å². The highest BCUT2D eigenvalue weighted by molar-refractivity contribution is 7.13. The second kappa shape index (κ2) is 7.56. The maximum absolute atomic E-state index is 11.8. The van der Waals surface area contributed by atoms with Crippen molar-refractivity contribution in [3.8, 4) is 10.6 Å². The van der Waals surface area contributed by atoms with Crippen molar-refractivity contribution >= 4 is 17.4 Å². The van der Waals surface area contributed by atoms with Crippen molar-refractivity contribution in [1.29, 1.82) is 0 Å². The molecule has 0 unspecified atom stereocenters. The Labute approximate surface area is 138 Å². The second-order valence-corrected chi connectivity index (χ2v) is 5.89. The lowest BCUT2D eigenvalue weighted by atomic mass is 10.2. The van der Waals surface area contributed by atoms with Gasteiger partial charge in [-0.15, -0.1) is 11.3 Å². The van der Waals surface area contributed by atoms with Gasteiger partial charge in [-0.3, -0.25) is 4.98 Å². The zero-order valence-corrected chi connectivity index (χ0v) is 13.3. The van der Waals surface area contributed by atoms with Crippen LogP contribution in [0.4, 0.5) is 4.79 Å². The van der Waals surface area contributed by atoms with Gasteiger partial charge in [-0.1, -0.05) is 36.4 Å². The van der Waals surface area contributed by atoms with E-state index in [0.717, 1.165) is 21.7 Å². The molecule has 1 N–H and O–H groups in total. The van der Waals surface area contributed by atoms with Crippen molar-refractivity contribution in [3.05, 3.63) is 77.3 Å². The number of nitrogens with zero attached hydrogens (tertiary/aromatic N) is 1. The summed E-state index contributed by atoms with van der Waals surface area (Å²) in [6.45, 7) is 0.679. The van der Waals surface area contributed by atoms with Crippen LogP contribution in [0.5, 0.6) is 0 Å². The third kappa shape index (κ3) is 4.40. The molecule has 0 saturated carbocycles. The number of pyridine rings is 1. The summed E-state index contributed by atoms with van der Waals surface area (Å²) in [7, 11) is 0. The first-order valence-electron chi connectivity index (χ1n) is 7.24. The average Bonchev–Trinajstić information content (AvgIpc) is 3.14. The van der Waals surface area contributed by atoms with E-state index in [1.54, 1.807) is 17.5 Å². The molecule has 4 nitrogen and oxygen atoms in total. The number of alkyl carbamates (subject to hydrolysis) is 1. The molecule has 5 heteroatoms. The van der Waals surface area contributed by atoms with Crippen molar-refractivity contribution in [2.45, 2.75) is 13.2 Å². The second-order valence-electron chi connectivity index (χ2n) is 4.94. The van der Waals surface area contributed by atoms with Crippen molar-refractivity contribution in [2.24, 2.45) is 0 Å². The molecule has 3 aromatic rings. The van der Waals surface area contributed by atoms with E-state index < -0.39 is 6.09 Å². The molecule has 2 heterocycles. The number of carbonyl (C=O) groups is 1. The molecule has 0 aliphatic rings. The fraction of sp³-hybridized carbons (Fsp3) is 0.111. The van der Waals surface area contributed by atoms with Gasteiger partial charge in [0, 0.05) is 12.7 Å². The summed E-state index contributed by atoms with van der Waals surface area (Å²) in [4.78, 5) is 17.2. The lowest BCUT2D eigenvalue weighted by Gasteiger charge is -2.08. The molecule has 0 bridgehead atoms. The number of nitrogens with one attached hydrogen (secondary N) is 1. The van der Waals surface area contributed by atoms with Gasteiger partial charge < -0.3 is 10.1 Å². The van der Waals surface area contributed by atoms with Gasteiger partial charge in [-0.2, -0.15) is 0 Å². The number of benzene rings is 1. The molecule has 0 spiro atoms. The minimum absolute atomic E-state index is 0.267. The fourth-order valence-electron chi connectivity index (χ4n) is 2.09. The number of rotatable bonds is 5. The maximum Gasteiger partial charge on any atom is 0.407 e.